The summed E-state index contributed by atoms with van der Waals surface area (Å²) in [6.07, 6.45) is 2.23. The second-order valence-corrected chi connectivity index (χ2v) is 3.82. The molecule has 0 bridgehead atoms. The minimum absolute atomic E-state index is 0.0196. The van der Waals surface area contributed by atoms with Crippen molar-refractivity contribution in [3.63, 3.8) is 0 Å². The Bertz CT molecular complexity index is 327. The van der Waals surface area contributed by atoms with Gasteiger partial charge in [-0.2, -0.15) is 4.89 Å². The van der Waals surface area contributed by atoms with E-state index in [0.29, 0.717) is 6.04 Å². The van der Waals surface area contributed by atoms with E-state index in [2.05, 4.69) is 18.3 Å². The van der Waals surface area contributed by atoms with Crippen LogP contribution in [0.25, 0.3) is 0 Å². The highest BCUT2D eigenvalue weighted by Crippen LogP contribution is 2.37. The number of benzene rings is 1. The van der Waals surface area contributed by atoms with Gasteiger partial charge in [0.25, 0.3) is 0 Å². The van der Waals surface area contributed by atoms with E-state index in [-0.39, 0.29) is 6.10 Å². The number of para-hydroxylation sites is 1. The first-order chi connectivity index (χ1) is 7.36. The first-order valence-corrected chi connectivity index (χ1v) is 5.46. The summed E-state index contributed by atoms with van der Waals surface area (Å²) < 4.78 is 0. The minimum Gasteiger partial charge on any atom is -0.336 e. The van der Waals surface area contributed by atoms with E-state index in [1.807, 2.05) is 25.2 Å². The van der Waals surface area contributed by atoms with Crippen molar-refractivity contribution in [1.82, 2.24) is 5.32 Å². The summed E-state index contributed by atoms with van der Waals surface area (Å²) in [6, 6.07) is 8.29. The lowest BCUT2D eigenvalue weighted by Gasteiger charge is -2.19. The van der Waals surface area contributed by atoms with Crippen molar-refractivity contribution in [2.24, 2.45) is 0 Å². The maximum absolute atomic E-state index is 5.37. The lowest BCUT2D eigenvalue weighted by Crippen LogP contribution is -2.32. The van der Waals surface area contributed by atoms with Gasteiger partial charge in [-0.3, -0.25) is 0 Å². The number of nitrogens with one attached hydrogen (secondary N) is 1. The average molecular weight is 207 g/mol. The summed E-state index contributed by atoms with van der Waals surface area (Å²) in [7, 11) is 1.96. The molecule has 3 nitrogen and oxygen atoms in total. The standard InChI is InChI=1S/C12H17NO2/c1-3-6-10(13-2)12-9-7-4-5-8-11(9)14-15-12/h4-5,7-8,10,12-13H,3,6H2,1-2H3. The molecule has 2 unspecified atom stereocenters. The van der Waals surface area contributed by atoms with Crippen LogP contribution in [-0.4, -0.2) is 13.1 Å². The Hall–Kier alpha value is -1.06. The van der Waals surface area contributed by atoms with Gasteiger partial charge in [0.1, 0.15) is 6.10 Å². The molecule has 0 spiro atoms. The van der Waals surface area contributed by atoms with Crippen molar-refractivity contribution >= 4 is 0 Å². The van der Waals surface area contributed by atoms with Gasteiger partial charge in [0.2, 0.25) is 0 Å². The van der Waals surface area contributed by atoms with Crippen LogP contribution in [0.5, 0.6) is 5.75 Å². The summed E-state index contributed by atoms with van der Waals surface area (Å²) in [4.78, 5) is 10.6. The number of hydrogen-bond acceptors (Lipinski definition) is 3. The molecule has 1 aromatic rings. The molecule has 1 heterocycles. The average Bonchev–Trinajstić information content (AvgIpc) is 2.70. The molecule has 0 saturated heterocycles. The van der Waals surface area contributed by atoms with Gasteiger partial charge in [-0.05, 0) is 19.5 Å². The molecule has 0 amide bonds. The fraction of sp³-hybridized carbons (Fsp3) is 0.500. The van der Waals surface area contributed by atoms with E-state index in [0.717, 1.165) is 24.2 Å². The van der Waals surface area contributed by atoms with E-state index >= 15 is 0 Å². The van der Waals surface area contributed by atoms with Gasteiger partial charge in [0.15, 0.2) is 5.75 Å². The van der Waals surface area contributed by atoms with Gasteiger partial charge in [-0.1, -0.05) is 31.5 Å². The van der Waals surface area contributed by atoms with Crippen LogP contribution in [0, 0.1) is 0 Å². The summed E-state index contributed by atoms with van der Waals surface area (Å²) in [5, 5.41) is 3.28. The van der Waals surface area contributed by atoms with Crippen LogP contribution in [0.4, 0.5) is 0 Å². The van der Waals surface area contributed by atoms with Crippen LogP contribution in [-0.2, 0) is 4.89 Å². The van der Waals surface area contributed by atoms with Crippen molar-refractivity contribution in [3.05, 3.63) is 29.8 Å². The van der Waals surface area contributed by atoms with Gasteiger partial charge in [-0.25, -0.2) is 0 Å². The van der Waals surface area contributed by atoms with Crippen molar-refractivity contribution in [2.75, 3.05) is 7.05 Å². The highest BCUT2D eigenvalue weighted by atomic mass is 17.2. The van der Waals surface area contributed by atoms with Crippen LogP contribution >= 0.6 is 0 Å². The second-order valence-electron chi connectivity index (χ2n) is 3.82. The Morgan fingerprint density at radius 2 is 2.20 bits per heavy atom. The number of likely N-dealkylation sites (N-methyl/N-ethyl adjacent to an activating group) is 1. The van der Waals surface area contributed by atoms with Gasteiger partial charge in [0.05, 0.1) is 0 Å². The van der Waals surface area contributed by atoms with Gasteiger partial charge in [-0.15, -0.1) is 0 Å². The molecule has 82 valence electrons. The Labute approximate surface area is 90.3 Å². The Kier molecular flexibility index (Phi) is 3.23. The van der Waals surface area contributed by atoms with Gasteiger partial charge in [0, 0.05) is 11.6 Å². The molecule has 1 aliphatic heterocycles. The molecule has 0 aliphatic carbocycles. The molecule has 0 aromatic heterocycles. The molecule has 15 heavy (non-hydrogen) atoms. The Morgan fingerprint density at radius 3 is 2.93 bits per heavy atom. The number of fused-ring (bicyclic) bond motifs is 1. The van der Waals surface area contributed by atoms with Crippen LogP contribution in [0.15, 0.2) is 24.3 Å². The van der Waals surface area contributed by atoms with Crippen molar-refractivity contribution in [3.8, 4) is 5.75 Å². The molecule has 1 aromatic carbocycles. The molecule has 1 N–H and O–H groups in total. The van der Waals surface area contributed by atoms with E-state index in [4.69, 9.17) is 9.78 Å². The predicted molar refractivity (Wildman–Crippen MR) is 58.7 cm³/mol. The Morgan fingerprint density at radius 1 is 1.40 bits per heavy atom. The zero-order valence-electron chi connectivity index (χ0n) is 9.19. The van der Waals surface area contributed by atoms with E-state index in [1.54, 1.807) is 0 Å². The van der Waals surface area contributed by atoms with Crippen molar-refractivity contribution in [2.45, 2.75) is 31.9 Å². The molecule has 2 atom stereocenters. The molecular weight excluding hydrogens is 190 g/mol. The summed E-state index contributed by atoms with van der Waals surface area (Å²) in [5.74, 6) is 0.846. The molecule has 2 rings (SSSR count). The fourth-order valence-electron chi connectivity index (χ4n) is 1.99. The lowest BCUT2D eigenvalue weighted by molar-refractivity contribution is -0.231. The zero-order chi connectivity index (χ0) is 10.7. The quantitative estimate of drug-likeness (QED) is 0.769. The van der Waals surface area contributed by atoms with Crippen LogP contribution < -0.4 is 10.2 Å². The van der Waals surface area contributed by atoms with Crippen LogP contribution in [0.3, 0.4) is 0 Å². The number of rotatable bonds is 4. The van der Waals surface area contributed by atoms with Crippen LogP contribution in [0.2, 0.25) is 0 Å². The van der Waals surface area contributed by atoms with E-state index in [9.17, 15) is 0 Å². The fourth-order valence-corrected chi connectivity index (χ4v) is 1.99. The van der Waals surface area contributed by atoms with Gasteiger partial charge >= 0.3 is 0 Å². The molecule has 0 fully saturated rings. The third kappa shape index (κ3) is 1.98. The molecular formula is C12H17NO2. The third-order valence-electron chi connectivity index (χ3n) is 2.80. The monoisotopic (exact) mass is 207 g/mol. The highest BCUT2D eigenvalue weighted by molar-refractivity contribution is 5.37. The topological polar surface area (TPSA) is 30.5 Å². The first kappa shape index (κ1) is 10.5. The van der Waals surface area contributed by atoms with Crippen LogP contribution in [0.1, 0.15) is 31.4 Å². The Balaban J connectivity index is 2.18. The second kappa shape index (κ2) is 4.64. The molecule has 1 aliphatic rings. The number of hydrogen-bond donors (Lipinski definition) is 1. The smallest absolute Gasteiger partial charge is 0.171 e. The third-order valence-corrected chi connectivity index (χ3v) is 2.80. The summed E-state index contributed by atoms with van der Waals surface area (Å²) in [6.45, 7) is 2.17. The predicted octanol–water partition coefficient (Wildman–Crippen LogP) is 2.44. The molecule has 0 saturated carbocycles. The maximum atomic E-state index is 5.37. The summed E-state index contributed by atoms with van der Waals surface area (Å²) >= 11 is 0. The van der Waals surface area contributed by atoms with Crippen molar-refractivity contribution < 1.29 is 9.78 Å². The minimum atomic E-state index is 0.0196. The van der Waals surface area contributed by atoms with E-state index < -0.39 is 0 Å². The van der Waals surface area contributed by atoms with Gasteiger partial charge < -0.3 is 10.2 Å². The first-order valence-electron chi connectivity index (χ1n) is 5.46. The van der Waals surface area contributed by atoms with Crippen molar-refractivity contribution in [1.29, 1.82) is 0 Å². The lowest BCUT2D eigenvalue weighted by atomic mass is 9.98. The highest BCUT2D eigenvalue weighted by Gasteiger charge is 2.31. The SMILES string of the molecule is CCCC(NC)C1OOc2ccccc21. The zero-order valence-corrected chi connectivity index (χ0v) is 9.19. The summed E-state index contributed by atoms with van der Waals surface area (Å²) in [5.41, 5.74) is 1.14. The van der Waals surface area contributed by atoms with E-state index in [1.165, 1.54) is 0 Å². The molecule has 3 heteroatoms. The normalized spacial score (nSPS) is 20.8. The maximum Gasteiger partial charge on any atom is 0.171 e. The largest absolute Gasteiger partial charge is 0.336 e. The molecule has 0 radical (unpaired) electrons.